The van der Waals surface area contributed by atoms with E-state index in [1.807, 2.05) is 23.2 Å². The van der Waals surface area contributed by atoms with Gasteiger partial charge in [0.25, 0.3) is 0 Å². The summed E-state index contributed by atoms with van der Waals surface area (Å²) in [6.45, 7) is 9.45. The summed E-state index contributed by atoms with van der Waals surface area (Å²) in [7, 11) is 0. The third-order valence-corrected chi connectivity index (χ3v) is 15.3. The van der Waals surface area contributed by atoms with Crippen LogP contribution in [-0.2, 0) is 13.1 Å². The van der Waals surface area contributed by atoms with Crippen LogP contribution >= 0.6 is 23.2 Å². The van der Waals surface area contributed by atoms with Crippen molar-refractivity contribution in [2.75, 3.05) is 46.6 Å². The lowest BCUT2D eigenvalue weighted by molar-refractivity contribution is 0.183. The molecule has 4 aliphatic heterocycles. The first kappa shape index (κ1) is 46.5. The van der Waals surface area contributed by atoms with Crippen LogP contribution in [0.2, 0.25) is 10.0 Å². The van der Waals surface area contributed by atoms with Crippen molar-refractivity contribution >= 4 is 46.7 Å². The Morgan fingerprint density at radius 3 is 1.33 bits per heavy atom. The van der Waals surface area contributed by atoms with Crippen LogP contribution in [0.1, 0.15) is 99.5 Å². The number of hydrogen-bond donors (Lipinski definition) is 2. The second-order valence-electron chi connectivity index (χ2n) is 19.8. The molecule has 20 heteroatoms. The van der Waals surface area contributed by atoms with Crippen LogP contribution in [0.4, 0.5) is 32.3 Å². The molecule has 70 heavy (non-hydrogen) atoms. The first-order valence-electron chi connectivity index (χ1n) is 24.8. The molecule has 4 fully saturated rings. The summed E-state index contributed by atoms with van der Waals surface area (Å²) >= 11 is 12.1. The predicted octanol–water partition coefficient (Wildman–Crippen LogP) is 9.60. The molecule has 6 aliphatic rings. The highest BCUT2D eigenvalue weighted by Gasteiger charge is 2.45. The number of hydrogen-bond acceptors (Lipinski definition) is 14. The molecule has 12 rings (SSSR count). The lowest BCUT2D eigenvalue weighted by atomic mass is 9.92. The van der Waals surface area contributed by atoms with Gasteiger partial charge in [-0.2, -0.15) is 9.97 Å². The molecule has 368 valence electrons. The van der Waals surface area contributed by atoms with Crippen LogP contribution in [-0.4, -0.2) is 87.7 Å². The zero-order chi connectivity index (χ0) is 47.9. The molecule has 0 radical (unpaired) electrons. The Balaban J connectivity index is 0.000000152. The highest BCUT2D eigenvalue weighted by atomic mass is 35.5. The molecule has 2 aromatic carbocycles. The Bertz CT molecular complexity index is 2560. The number of fused-ring (bicyclic) bond motifs is 6. The van der Waals surface area contributed by atoms with Gasteiger partial charge in [0.05, 0.1) is 0 Å². The number of anilines is 4. The molecule has 2 unspecified atom stereocenters. The van der Waals surface area contributed by atoms with Gasteiger partial charge in [-0.25, -0.2) is 38.1 Å². The fourth-order valence-corrected chi connectivity index (χ4v) is 12.1. The van der Waals surface area contributed by atoms with Crippen LogP contribution in [0.5, 0.6) is 11.5 Å². The number of aryl methyl sites for hydroxylation is 4. The zero-order valence-corrected chi connectivity index (χ0v) is 40.9. The van der Waals surface area contributed by atoms with E-state index in [1.165, 1.54) is 49.9 Å². The number of nitrogens with one attached hydrogen (secondary N) is 2. The molecule has 2 N–H and O–H groups in total. The monoisotopic (exact) mass is 994 g/mol. The van der Waals surface area contributed by atoms with Gasteiger partial charge in [-0.3, -0.25) is 0 Å². The van der Waals surface area contributed by atoms with Gasteiger partial charge in [0, 0.05) is 97.1 Å². The van der Waals surface area contributed by atoms with Crippen LogP contribution in [0.25, 0.3) is 0 Å². The summed E-state index contributed by atoms with van der Waals surface area (Å²) in [4.78, 5) is 32.0. The topological polar surface area (TPSA) is 162 Å². The molecular weight excluding hydrogens is 938 g/mol. The first-order chi connectivity index (χ1) is 34.0. The molecule has 6 aromatic rings. The van der Waals surface area contributed by atoms with Crippen molar-refractivity contribution in [2.24, 2.45) is 23.7 Å². The summed E-state index contributed by atoms with van der Waals surface area (Å²) in [5.41, 5.74) is 1.98. The minimum absolute atomic E-state index is 0.294. The van der Waals surface area contributed by atoms with Crippen molar-refractivity contribution in [2.45, 2.75) is 115 Å². The van der Waals surface area contributed by atoms with Gasteiger partial charge in [0.1, 0.15) is 47.4 Å². The highest BCUT2D eigenvalue weighted by molar-refractivity contribution is 6.31. The summed E-state index contributed by atoms with van der Waals surface area (Å²) in [5, 5.41) is 17.6. The van der Waals surface area contributed by atoms with E-state index in [0.717, 1.165) is 112 Å². The van der Waals surface area contributed by atoms with E-state index in [2.05, 4.69) is 52.5 Å². The molecule has 2 saturated heterocycles. The van der Waals surface area contributed by atoms with Crippen LogP contribution in [0, 0.1) is 49.2 Å². The Labute approximate surface area is 415 Å². The maximum atomic E-state index is 13.8. The first-order valence-corrected chi connectivity index (χ1v) is 25.5. The van der Waals surface area contributed by atoms with Gasteiger partial charge in [-0.15, -0.1) is 10.2 Å². The van der Waals surface area contributed by atoms with E-state index in [-0.39, 0.29) is 12.2 Å². The van der Waals surface area contributed by atoms with E-state index in [4.69, 9.17) is 52.8 Å². The van der Waals surface area contributed by atoms with Gasteiger partial charge in [0.2, 0.25) is 11.9 Å². The van der Waals surface area contributed by atoms with Gasteiger partial charge >= 0.3 is 0 Å². The number of halogens is 4. The van der Waals surface area contributed by atoms with E-state index in [1.54, 1.807) is 24.8 Å². The van der Waals surface area contributed by atoms with Crippen LogP contribution in [0.3, 0.4) is 0 Å². The summed E-state index contributed by atoms with van der Waals surface area (Å²) < 4.78 is 43.9. The standard InChI is InChI=1S/2C25H29ClFN7O/c2*1-15-8-22(29-14-28-15)33-12-16-5-6-17(13-33)23(16)30-25-31-24-21(4-2-3-7-34(24)32-25)35-20-10-18(26)9-19(27)11-20/h2*8-11,14,16-17,21,23H,2-7,12-13H2,1H3,(H,30,32)/t2*16-,17+,21-,23?/m10/s1. The molecule has 2 saturated carbocycles. The third-order valence-electron chi connectivity index (χ3n) is 14.9. The van der Waals surface area contributed by atoms with Crippen LogP contribution in [0.15, 0.2) is 61.2 Å². The Morgan fingerprint density at radius 2 is 0.943 bits per heavy atom. The number of rotatable bonds is 10. The zero-order valence-electron chi connectivity index (χ0n) is 39.4. The lowest BCUT2D eigenvalue weighted by Gasteiger charge is -2.38. The number of piperidine rings is 2. The Hall–Kier alpha value is -5.88. The second-order valence-corrected chi connectivity index (χ2v) is 20.7. The van der Waals surface area contributed by atoms with Gasteiger partial charge in [-0.05, 0) is 126 Å². The molecule has 8 heterocycles. The number of ether oxygens (including phenoxy) is 2. The summed E-state index contributed by atoms with van der Waals surface area (Å²) in [5.74, 6) is 6.93. The van der Waals surface area contributed by atoms with Crippen molar-refractivity contribution in [3.05, 3.63) is 106 Å². The van der Waals surface area contributed by atoms with E-state index in [0.29, 0.717) is 69.2 Å². The smallest absolute Gasteiger partial charge is 0.242 e. The SMILES string of the molecule is Cc1cc(N2C[C@H]3CC[C@@H](C2)C3Nc2nc3n(n2)CCCC[C@@H]3Oc2cc(F)cc(Cl)c2)ncn1.Cc1cc(N2C[C@H]3CC[C@@H](C2)C3Nc2nc3n(n2)CCCC[C@H]3Oc2cc(F)cc(Cl)c2)ncn1. The summed E-state index contributed by atoms with van der Waals surface area (Å²) in [6, 6.07) is 13.3. The fourth-order valence-electron chi connectivity index (χ4n) is 11.6. The molecule has 16 nitrogen and oxygen atoms in total. The number of benzene rings is 2. The van der Waals surface area contributed by atoms with E-state index < -0.39 is 11.6 Å². The van der Waals surface area contributed by atoms with Gasteiger partial charge in [-0.1, -0.05) is 23.2 Å². The average Bonchev–Trinajstić information content (AvgIpc) is 3.95. The maximum absolute atomic E-state index is 13.8. The second kappa shape index (κ2) is 20.1. The van der Waals surface area contributed by atoms with Gasteiger partial charge < -0.3 is 29.9 Å². The van der Waals surface area contributed by atoms with E-state index >= 15 is 0 Å². The molecule has 4 bridgehead atoms. The minimum Gasteiger partial charge on any atom is -0.482 e. The van der Waals surface area contributed by atoms with Gasteiger partial charge in [0.15, 0.2) is 23.9 Å². The molecule has 2 aliphatic carbocycles. The number of nitrogens with zero attached hydrogens (tertiary/aromatic N) is 12. The number of aromatic nitrogens is 10. The molecule has 4 aromatic heterocycles. The lowest BCUT2D eigenvalue weighted by Crippen LogP contribution is -2.48. The van der Waals surface area contributed by atoms with Crippen molar-refractivity contribution in [3.8, 4) is 11.5 Å². The summed E-state index contributed by atoms with van der Waals surface area (Å²) in [6.07, 6.45) is 13.0. The average molecular weight is 996 g/mol. The minimum atomic E-state index is -0.413. The molecule has 8 atom stereocenters. The highest BCUT2D eigenvalue weighted by Crippen LogP contribution is 2.42. The van der Waals surface area contributed by atoms with Crippen molar-refractivity contribution in [1.82, 2.24) is 49.5 Å². The normalized spacial score (nSPS) is 25.7. The third kappa shape index (κ3) is 10.3. The fraction of sp³-hybridized carbons (Fsp3) is 0.520. The maximum Gasteiger partial charge on any atom is 0.242 e. The van der Waals surface area contributed by atoms with E-state index in [9.17, 15) is 8.78 Å². The van der Waals surface area contributed by atoms with Crippen molar-refractivity contribution in [1.29, 1.82) is 0 Å². The van der Waals surface area contributed by atoms with Crippen molar-refractivity contribution < 1.29 is 18.3 Å². The Kier molecular flexibility index (Phi) is 13.3. The Morgan fingerprint density at radius 1 is 0.529 bits per heavy atom. The van der Waals surface area contributed by atoms with Crippen LogP contribution < -0.4 is 29.9 Å². The quantitative estimate of drug-likeness (QED) is 0.133. The molecule has 0 amide bonds. The molecular formula is C50H58Cl2F2N14O2. The largest absolute Gasteiger partial charge is 0.482 e. The predicted molar refractivity (Wildman–Crippen MR) is 263 cm³/mol. The van der Waals surface area contributed by atoms with Crippen molar-refractivity contribution in [3.63, 3.8) is 0 Å². The molecule has 0 spiro atoms.